The molecule has 0 atom stereocenters. The topological polar surface area (TPSA) is 105 Å². The van der Waals surface area contributed by atoms with E-state index < -0.39 is 4.92 Å². The van der Waals surface area contributed by atoms with Crippen molar-refractivity contribution in [1.82, 2.24) is 10.2 Å². The number of nitrogens with zero attached hydrogens (tertiary/aromatic N) is 3. The van der Waals surface area contributed by atoms with Crippen molar-refractivity contribution in [2.24, 2.45) is 0 Å². The highest BCUT2D eigenvalue weighted by molar-refractivity contribution is 6.02. The molecule has 1 saturated heterocycles. The zero-order valence-electron chi connectivity index (χ0n) is 14.9. The molecule has 0 aromatic heterocycles. The maximum absolute atomic E-state index is 12.5. The summed E-state index contributed by atoms with van der Waals surface area (Å²) in [6.45, 7) is 1.62. The summed E-state index contributed by atoms with van der Waals surface area (Å²) in [7, 11) is 0. The molecule has 2 heterocycles. The third kappa shape index (κ3) is 3.87. The van der Waals surface area contributed by atoms with Gasteiger partial charge in [0.05, 0.1) is 10.6 Å². The lowest BCUT2D eigenvalue weighted by molar-refractivity contribution is -0.384. The van der Waals surface area contributed by atoms with Gasteiger partial charge in [-0.3, -0.25) is 24.6 Å². The van der Waals surface area contributed by atoms with Crippen molar-refractivity contribution in [3.63, 3.8) is 0 Å². The summed E-state index contributed by atoms with van der Waals surface area (Å²) in [6.07, 6.45) is 4.37. The van der Waals surface area contributed by atoms with Crippen LogP contribution < -0.4 is 15.0 Å². The summed E-state index contributed by atoms with van der Waals surface area (Å²) in [6, 6.07) is 4.89. The standard InChI is InChI=1S/C18H22N4O5/c23-17(19-12-5-7-20(8-6-12)13-1-2-13)10-21-15-9-14(22(25)26)3-4-16(15)27-11-18(21)24/h3-4,9,12-13H,1-2,5-8,10-11H2,(H,19,23). The van der Waals surface area contributed by atoms with Gasteiger partial charge in [0.1, 0.15) is 12.3 Å². The first-order valence-electron chi connectivity index (χ1n) is 9.26. The minimum atomic E-state index is -0.536. The van der Waals surface area contributed by atoms with Gasteiger partial charge in [0.2, 0.25) is 5.91 Å². The van der Waals surface area contributed by atoms with Crippen molar-refractivity contribution in [3.8, 4) is 5.75 Å². The number of carbonyl (C=O) groups is 2. The van der Waals surface area contributed by atoms with Gasteiger partial charge in [-0.25, -0.2) is 0 Å². The molecule has 1 N–H and O–H groups in total. The van der Waals surface area contributed by atoms with Crippen molar-refractivity contribution < 1.29 is 19.2 Å². The summed E-state index contributed by atoms with van der Waals surface area (Å²) in [5, 5.41) is 14.0. The number of fused-ring (bicyclic) bond motifs is 1. The van der Waals surface area contributed by atoms with Gasteiger partial charge in [0, 0.05) is 37.3 Å². The molecule has 1 saturated carbocycles. The van der Waals surface area contributed by atoms with E-state index in [1.807, 2.05) is 0 Å². The maximum Gasteiger partial charge on any atom is 0.271 e. The van der Waals surface area contributed by atoms with Crippen LogP contribution in [0.25, 0.3) is 0 Å². The van der Waals surface area contributed by atoms with Crippen LogP contribution in [0.15, 0.2) is 18.2 Å². The molecule has 3 aliphatic rings. The number of nitro benzene ring substituents is 1. The molecule has 0 unspecified atom stereocenters. The molecule has 144 valence electrons. The van der Waals surface area contributed by atoms with Crippen molar-refractivity contribution in [1.29, 1.82) is 0 Å². The molecular weight excluding hydrogens is 352 g/mol. The number of carbonyl (C=O) groups excluding carboxylic acids is 2. The molecule has 9 heteroatoms. The third-order valence-electron chi connectivity index (χ3n) is 5.36. The average molecular weight is 374 g/mol. The second kappa shape index (κ2) is 7.15. The van der Waals surface area contributed by atoms with E-state index >= 15 is 0 Å². The zero-order valence-corrected chi connectivity index (χ0v) is 14.9. The van der Waals surface area contributed by atoms with Crippen molar-refractivity contribution in [3.05, 3.63) is 28.3 Å². The monoisotopic (exact) mass is 374 g/mol. The van der Waals surface area contributed by atoms with Crippen LogP contribution in [0.4, 0.5) is 11.4 Å². The fourth-order valence-corrected chi connectivity index (χ4v) is 3.74. The molecule has 2 amide bonds. The van der Waals surface area contributed by atoms with Crippen LogP contribution in [-0.4, -0.2) is 60.0 Å². The van der Waals surface area contributed by atoms with Crippen molar-refractivity contribution >= 4 is 23.2 Å². The summed E-state index contributed by atoms with van der Waals surface area (Å²) in [4.78, 5) is 38.9. The smallest absolute Gasteiger partial charge is 0.271 e. The Kier molecular flexibility index (Phi) is 4.69. The lowest BCUT2D eigenvalue weighted by atomic mass is 10.0. The van der Waals surface area contributed by atoms with Crippen LogP contribution in [-0.2, 0) is 9.59 Å². The van der Waals surface area contributed by atoms with E-state index in [0.717, 1.165) is 32.0 Å². The quantitative estimate of drug-likeness (QED) is 0.610. The summed E-state index contributed by atoms with van der Waals surface area (Å²) < 4.78 is 5.32. The first-order chi connectivity index (χ1) is 13.0. The number of hydrogen-bond acceptors (Lipinski definition) is 6. The third-order valence-corrected chi connectivity index (χ3v) is 5.36. The summed E-state index contributed by atoms with van der Waals surface area (Å²) >= 11 is 0. The van der Waals surface area contributed by atoms with Crippen LogP contribution >= 0.6 is 0 Å². The fourth-order valence-electron chi connectivity index (χ4n) is 3.74. The second-order valence-electron chi connectivity index (χ2n) is 7.29. The van der Waals surface area contributed by atoms with Gasteiger partial charge in [0.15, 0.2) is 6.61 Å². The van der Waals surface area contributed by atoms with Gasteiger partial charge in [0.25, 0.3) is 11.6 Å². The van der Waals surface area contributed by atoms with Crippen LogP contribution in [0.1, 0.15) is 25.7 Å². The molecule has 2 fully saturated rings. The predicted molar refractivity (Wildman–Crippen MR) is 96.7 cm³/mol. The van der Waals surface area contributed by atoms with Crippen LogP contribution in [0.3, 0.4) is 0 Å². The number of nitro groups is 1. The van der Waals surface area contributed by atoms with E-state index in [1.54, 1.807) is 0 Å². The molecule has 1 aromatic rings. The second-order valence-corrected chi connectivity index (χ2v) is 7.29. The van der Waals surface area contributed by atoms with Crippen LogP contribution in [0, 0.1) is 10.1 Å². The first-order valence-corrected chi connectivity index (χ1v) is 9.26. The highest BCUT2D eigenvalue weighted by Gasteiger charge is 2.33. The Labute approximate surface area is 156 Å². The van der Waals surface area contributed by atoms with Crippen LogP contribution in [0.2, 0.25) is 0 Å². The van der Waals surface area contributed by atoms with E-state index in [0.29, 0.717) is 5.75 Å². The molecule has 0 bridgehead atoms. The minimum Gasteiger partial charge on any atom is -0.482 e. The first kappa shape index (κ1) is 17.7. The molecule has 1 aromatic carbocycles. The predicted octanol–water partition coefficient (Wildman–Crippen LogP) is 1.06. The SMILES string of the molecule is O=C(CN1C(=O)COc2ccc([N+](=O)[O-])cc21)NC1CCN(C2CC2)CC1. The number of non-ortho nitro benzene ring substituents is 1. The lowest BCUT2D eigenvalue weighted by Gasteiger charge is -2.33. The Morgan fingerprint density at radius 3 is 2.67 bits per heavy atom. The van der Waals surface area contributed by atoms with E-state index in [2.05, 4.69) is 10.2 Å². The van der Waals surface area contributed by atoms with E-state index in [4.69, 9.17) is 4.74 Å². The highest BCUT2D eigenvalue weighted by Crippen LogP contribution is 2.35. The number of amides is 2. The number of anilines is 1. The maximum atomic E-state index is 12.5. The van der Waals surface area contributed by atoms with Crippen molar-refractivity contribution in [2.45, 2.75) is 37.8 Å². The van der Waals surface area contributed by atoms with Crippen LogP contribution in [0.5, 0.6) is 5.75 Å². The van der Waals surface area contributed by atoms with E-state index in [1.165, 1.54) is 35.9 Å². The highest BCUT2D eigenvalue weighted by atomic mass is 16.6. The Hall–Kier alpha value is -2.68. The van der Waals surface area contributed by atoms with Gasteiger partial charge in [-0.1, -0.05) is 0 Å². The number of likely N-dealkylation sites (tertiary alicyclic amines) is 1. The lowest BCUT2D eigenvalue weighted by Crippen LogP contribution is -2.50. The minimum absolute atomic E-state index is 0.105. The van der Waals surface area contributed by atoms with Gasteiger partial charge in [-0.05, 0) is 31.7 Å². The molecule has 0 spiro atoms. The molecule has 27 heavy (non-hydrogen) atoms. The molecule has 2 aliphatic heterocycles. The molecule has 1 aliphatic carbocycles. The molecule has 4 rings (SSSR count). The Morgan fingerprint density at radius 2 is 2.00 bits per heavy atom. The number of benzene rings is 1. The number of hydrogen-bond donors (Lipinski definition) is 1. The summed E-state index contributed by atoms with van der Waals surface area (Å²) in [5.41, 5.74) is 0.115. The van der Waals surface area contributed by atoms with E-state index in [9.17, 15) is 19.7 Å². The normalized spacial score (nSPS) is 20.7. The average Bonchev–Trinajstić information content (AvgIpc) is 3.49. The number of piperidine rings is 1. The number of rotatable bonds is 5. The number of nitrogens with one attached hydrogen (secondary N) is 1. The van der Waals surface area contributed by atoms with Gasteiger partial charge in [-0.15, -0.1) is 0 Å². The van der Waals surface area contributed by atoms with Gasteiger partial charge < -0.3 is 15.0 Å². The molecule has 0 radical (unpaired) electrons. The largest absolute Gasteiger partial charge is 0.482 e. The Balaban J connectivity index is 1.39. The van der Waals surface area contributed by atoms with Gasteiger partial charge in [-0.2, -0.15) is 0 Å². The zero-order chi connectivity index (χ0) is 19.0. The number of ether oxygens (including phenoxy) is 1. The van der Waals surface area contributed by atoms with Crippen molar-refractivity contribution in [2.75, 3.05) is 31.1 Å². The van der Waals surface area contributed by atoms with Gasteiger partial charge >= 0.3 is 0 Å². The summed E-state index contributed by atoms with van der Waals surface area (Å²) in [5.74, 6) is -0.278. The molecular formula is C18H22N4O5. The van der Waals surface area contributed by atoms with E-state index in [-0.39, 0.29) is 42.4 Å². The molecule has 9 nitrogen and oxygen atoms in total. The Morgan fingerprint density at radius 1 is 1.26 bits per heavy atom. The Bertz CT molecular complexity index is 771. The fraction of sp³-hybridized carbons (Fsp3) is 0.556.